The van der Waals surface area contributed by atoms with Crippen LogP contribution in [0.2, 0.25) is 0 Å². The molecule has 1 aromatic rings. The average Bonchev–Trinajstić information content (AvgIpc) is 3.12. The van der Waals surface area contributed by atoms with Crippen molar-refractivity contribution in [2.45, 2.75) is 44.3 Å². The van der Waals surface area contributed by atoms with Gasteiger partial charge < -0.3 is 20.0 Å². The van der Waals surface area contributed by atoms with Gasteiger partial charge in [0.1, 0.15) is 12.3 Å². The fourth-order valence-electron chi connectivity index (χ4n) is 3.01. The van der Waals surface area contributed by atoms with E-state index in [-0.39, 0.29) is 55.3 Å². The molecule has 0 aromatic carbocycles. The summed E-state index contributed by atoms with van der Waals surface area (Å²) in [5.41, 5.74) is 0. The molecule has 0 radical (unpaired) electrons. The quantitative estimate of drug-likeness (QED) is 0.347. The predicted octanol–water partition coefficient (Wildman–Crippen LogP) is 3.18. The van der Waals surface area contributed by atoms with Gasteiger partial charge >= 0.3 is 6.18 Å². The lowest BCUT2D eigenvalue weighted by molar-refractivity contribution is -0.183. The molecule has 0 spiro atoms. The highest BCUT2D eigenvalue weighted by atomic mass is 127. The van der Waals surface area contributed by atoms with Crippen LogP contribution in [0.3, 0.4) is 0 Å². The molecule has 28 heavy (non-hydrogen) atoms. The van der Waals surface area contributed by atoms with Gasteiger partial charge in [-0.15, -0.1) is 24.0 Å². The number of carbonyl (C=O) groups is 1. The molecule has 2 N–H and O–H groups in total. The van der Waals surface area contributed by atoms with E-state index in [9.17, 15) is 18.0 Å². The number of hydrogen-bond donors (Lipinski definition) is 2. The average molecular weight is 516 g/mol. The van der Waals surface area contributed by atoms with Crippen molar-refractivity contribution in [1.82, 2.24) is 15.5 Å². The van der Waals surface area contributed by atoms with Crippen LogP contribution in [0.15, 0.2) is 27.8 Å². The summed E-state index contributed by atoms with van der Waals surface area (Å²) in [6, 6.07) is 3.31. The first kappa shape index (κ1) is 24.6. The van der Waals surface area contributed by atoms with E-state index in [1.807, 2.05) is 6.07 Å². The van der Waals surface area contributed by atoms with Crippen molar-refractivity contribution in [3.63, 3.8) is 0 Å². The smallest absolute Gasteiger partial charge is 0.391 e. The Hall–Kier alpha value is -1.46. The molecule has 0 aliphatic heterocycles. The number of furan rings is 1. The molecule has 1 aliphatic rings. The number of carbonyl (C=O) groups excluding carboxylic acids is 1. The number of hydrogen-bond acceptors (Lipinski definition) is 3. The molecule has 2 atom stereocenters. The fourth-order valence-corrected chi connectivity index (χ4v) is 3.01. The van der Waals surface area contributed by atoms with E-state index in [1.54, 1.807) is 26.4 Å². The molecular formula is C18H28F3IN4O2. The van der Waals surface area contributed by atoms with Crippen LogP contribution in [-0.4, -0.2) is 56.2 Å². The van der Waals surface area contributed by atoms with Crippen LogP contribution >= 0.6 is 24.0 Å². The van der Waals surface area contributed by atoms with Gasteiger partial charge in [-0.2, -0.15) is 13.2 Å². The molecule has 160 valence electrons. The molecule has 6 nitrogen and oxygen atoms in total. The van der Waals surface area contributed by atoms with Crippen molar-refractivity contribution in [3.8, 4) is 0 Å². The van der Waals surface area contributed by atoms with Crippen LogP contribution in [0.25, 0.3) is 0 Å². The lowest BCUT2D eigenvalue weighted by Gasteiger charge is -2.32. The zero-order chi connectivity index (χ0) is 19.9. The molecule has 1 heterocycles. The van der Waals surface area contributed by atoms with Crippen molar-refractivity contribution >= 4 is 35.8 Å². The maximum Gasteiger partial charge on any atom is 0.391 e. The van der Waals surface area contributed by atoms with E-state index in [0.717, 1.165) is 5.76 Å². The fraction of sp³-hybridized carbons (Fsp3) is 0.667. The highest BCUT2D eigenvalue weighted by molar-refractivity contribution is 14.0. The summed E-state index contributed by atoms with van der Waals surface area (Å²) in [6.07, 6.45) is -0.650. The van der Waals surface area contributed by atoms with Gasteiger partial charge in [0, 0.05) is 33.1 Å². The van der Waals surface area contributed by atoms with E-state index in [0.29, 0.717) is 31.8 Å². The van der Waals surface area contributed by atoms with Gasteiger partial charge in [0.05, 0.1) is 12.2 Å². The molecule has 2 rings (SSSR count). The third kappa shape index (κ3) is 8.27. The number of rotatable bonds is 6. The number of aliphatic imine (C=N–C) groups is 1. The number of amides is 1. The van der Waals surface area contributed by atoms with Gasteiger partial charge in [0.25, 0.3) is 0 Å². The number of nitrogens with one attached hydrogen (secondary N) is 2. The number of nitrogens with zero attached hydrogens (tertiary/aromatic N) is 2. The van der Waals surface area contributed by atoms with Crippen LogP contribution in [-0.2, 0) is 11.2 Å². The minimum atomic E-state index is -4.18. The number of guanidine groups is 1. The Morgan fingerprint density at radius 1 is 1.36 bits per heavy atom. The highest BCUT2D eigenvalue weighted by Gasteiger charge is 2.42. The van der Waals surface area contributed by atoms with Crippen LogP contribution in [0.4, 0.5) is 13.2 Å². The molecule has 0 bridgehead atoms. The van der Waals surface area contributed by atoms with E-state index < -0.39 is 12.1 Å². The van der Waals surface area contributed by atoms with E-state index >= 15 is 0 Å². The lowest BCUT2D eigenvalue weighted by Crippen LogP contribution is -2.47. The Bertz CT molecular complexity index is 621. The molecule has 10 heteroatoms. The molecule has 2 unspecified atom stereocenters. The zero-order valence-electron chi connectivity index (χ0n) is 16.1. The van der Waals surface area contributed by atoms with Gasteiger partial charge in [0.2, 0.25) is 5.91 Å². The summed E-state index contributed by atoms with van der Waals surface area (Å²) < 4.78 is 44.3. The topological polar surface area (TPSA) is 69.9 Å². The predicted molar refractivity (Wildman–Crippen MR) is 112 cm³/mol. The minimum absolute atomic E-state index is 0. The van der Waals surface area contributed by atoms with E-state index in [2.05, 4.69) is 15.6 Å². The van der Waals surface area contributed by atoms with E-state index in [1.165, 1.54) is 4.90 Å². The number of alkyl halides is 3. The van der Waals surface area contributed by atoms with Crippen LogP contribution < -0.4 is 10.6 Å². The monoisotopic (exact) mass is 516 g/mol. The molecule has 1 aliphatic carbocycles. The molecule has 1 fully saturated rings. The SMILES string of the molecule is CN(C)C(=O)CN=C(NCCc1ccco1)NC1CCCC(C(F)(F)F)C1.I. The lowest BCUT2D eigenvalue weighted by atomic mass is 9.85. The molecular weight excluding hydrogens is 488 g/mol. The standard InChI is InChI=1S/C18H27F3N4O2.HI/c1-25(2)16(26)12-23-17(22-9-8-15-7-4-10-27-15)24-14-6-3-5-13(11-14)18(19,20)21;/h4,7,10,13-14H,3,5-6,8-9,11-12H2,1-2H3,(H2,22,23,24);1H. The van der Waals surface area contributed by atoms with E-state index in [4.69, 9.17) is 4.42 Å². The van der Waals surface area contributed by atoms with Crippen molar-refractivity contribution < 1.29 is 22.4 Å². The Kier molecular flexibility index (Phi) is 10.1. The Morgan fingerprint density at radius 3 is 2.71 bits per heavy atom. The number of likely N-dealkylation sites (N-methyl/N-ethyl adjacent to an activating group) is 1. The first-order valence-corrected chi connectivity index (χ1v) is 9.10. The van der Waals surface area contributed by atoms with Crippen LogP contribution in [0.1, 0.15) is 31.4 Å². The maximum absolute atomic E-state index is 13.0. The third-order valence-corrected chi connectivity index (χ3v) is 4.59. The van der Waals surface area contributed by atoms with Gasteiger partial charge in [0.15, 0.2) is 5.96 Å². The van der Waals surface area contributed by atoms with Crippen molar-refractivity contribution in [2.75, 3.05) is 27.2 Å². The molecule has 0 saturated heterocycles. The summed E-state index contributed by atoms with van der Waals surface area (Å²) >= 11 is 0. The van der Waals surface area contributed by atoms with Gasteiger partial charge in [-0.25, -0.2) is 4.99 Å². The Morgan fingerprint density at radius 2 is 2.11 bits per heavy atom. The summed E-state index contributed by atoms with van der Waals surface area (Å²) in [6.45, 7) is 0.420. The second-order valence-electron chi connectivity index (χ2n) is 6.96. The normalized spacial score (nSPS) is 20.2. The first-order valence-electron chi connectivity index (χ1n) is 9.10. The van der Waals surface area contributed by atoms with Gasteiger partial charge in [-0.05, 0) is 31.4 Å². The van der Waals surface area contributed by atoms with Gasteiger partial charge in [-0.1, -0.05) is 6.42 Å². The largest absolute Gasteiger partial charge is 0.469 e. The van der Waals surface area contributed by atoms with Crippen molar-refractivity contribution in [2.24, 2.45) is 10.9 Å². The molecule has 1 amide bonds. The second kappa shape index (κ2) is 11.5. The van der Waals surface area contributed by atoms with Crippen LogP contribution in [0.5, 0.6) is 0 Å². The highest BCUT2D eigenvalue weighted by Crippen LogP contribution is 2.37. The summed E-state index contributed by atoms with van der Waals surface area (Å²) in [5.74, 6) is -0.332. The first-order chi connectivity index (χ1) is 12.8. The zero-order valence-corrected chi connectivity index (χ0v) is 18.4. The van der Waals surface area contributed by atoms with Crippen LogP contribution in [0, 0.1) is 5.92 Å². The van der Waals surface area contributed by atoms with Crippen molar-refractivity contribution in [1.29, 1.82) is 0 Å². The summed E-state index contributed by atoms with van der Waals surface area (Å²) in [7, 11) is 3.26. The minimum Gasteiger partial charge on any atom is -0.469 e. The Labute approximate surface area is 180 Å². The summed E-state index contributed by atoms with van der Waals surface area (Å²) in [4.78, 5) is 17.4. The molecule has 1 aromatic heterocycles. The summed E-state index contributed by atoms with van der Waals surface area (Å²) in [5, 5.41) is 6.15. The van der Waals surface area contributed by atoms with Gasteiger partial charge in [-0.3, -0.25) is 4.79 Å². The maximum atomic E-state index is 13.0. The Balaban J connectivity index is 0.00000392. The second-order valence-corrected chi connectivity index (χ2v) is 6.96. The van der Waals surface area contributed by atoms with Crippen molar-refractivity contribution in [3.05, 3.63) is 24.2 Å². The third-order valence-electron chi connectivity index (χ3n) is 4.59. The number of halogens is 4. The molecule has 1 saturated carbocycles.